The Morgan fingerprint density at radius 1 is 1.04 bits per heavy atom. The monoisotopic (exact) mass is 330 g/mol. The third kappa shape index (κ3) is 4.64. The average Bonchev–Trinajstić information content (AvgIpc) is 2.55. The van der Waals surface area contributed by atoms with Crippen LogP contribution in [0.5, 0.6) is 0 Å². The quantitative estimate of drug-likeness (QED) is 0.787. The lowest BCUT2D eigenvalue weighted by Crippen LogP contribution is -2.23. The van der Waals surface area contributed by atoms with Crippen LogP contribution in [0.25, 0.3) is 0 Å². The molecule has 7 heteroatoms. The lowest BCUT2D eigenvalue weighted by Gasteiger charge is -2.09. The minimum atomic E-state index is -0.738. The van der Waals surface area contributed by atoms with E-state index in [0.29, 0.717) is 0 Å². The first-order chi connectivity index (χ1) is 11.5. The number of hydrogen-bond acceptors (Lipinski definition) is 4. The van der Waals surface area contributed by atoms with E-state index in [0.717, 1.165) is 0 Å². The van der Waals surface area contributed by atoms with Crippen LogP contribution in [0.4, 0.5) is 10.1 Å². The number of benzene rings is 2. The molecule has 0 radical (unpaired) electrons. The van der Waals surface area contributed by atoms with Gasteiger partial charge in [0.25, 0.3) is 11.8 Å². The maximum Gasteiger partial charge on any atom is 0.310 e. The zero-order chi connectivity index (χ0) is 17.5. The molecule has 0 atom stereocenters. The van der Waals surface area contributed by atoms with Crippen LogP contribution in [0.3, 0.4) is 0 Å². The number of anilines is 1. The Labute approximate surface area is 137 Å². The summed E-state index contributed by atoms with van der Waals surface area (Å²) < 4.78 is 18.2. The van der Waals surface area contributed by atoms with Gasteiger partial charge >= 0.3 is 5.97 Å². The van der Waals surface area contributed by atoms with Crippen molar-refractivity contribution in [3.05, 3.63) is 65.5 Å². The first kappa shape index (κ1) is 17.1. The lowest BCUT2D eigenvalue weighted by molar-refractivity contribution is -0.146. The van der Waals surface area contributed by atoms with Crippen molar-refractivity contribution in [2.75, 3.05) is 11.9 Å². The van der Waals surface area contributed by atoms with Crippen molar-refractivity contribution in [1.82, 2.24) is 0 Å². The minimum Gasteiger partial charge on any atom is -0.455 e. The van der Waals surface area contributed by atoms with E-state index in [4.69, 9.17) is 10.5 Å². The number of carbonyl (C=O) groups is 3. The zero-order valence-corrected chi connectivity index (χ0v) is 12.6. The fraction of sp³-hybridized carbons (Fsp3) is 0.118. The second-order valence-electron chi connectivity index (χ2n) is 4.89. The van der Waals surface area contributed by atoms with E-state index in [1.807, 2.05) is 0 Å². The van der Waals surface area contributed by atoms with Crippen molar-refractivity contribution in [2.45, 2.75) is 6.42 Å². The Morgan fingerprint density at radius 3 is 2.42 bits per heavy atom. The standard InChI is InChI=1S/C17H15FN2O4/c18-13-7-3-1-5-11(13)9-16(22)24-10-15(21)20-14-8-4-2-6-12(14)17(19)23/h1-8H,9-10H2,(H2,19,23)(H,20,21). The number of halogens is 1. The van der Waals surface area contributed by atoms with Crippen molar-refractivity contribution in [3.8, 4) is 0 Å². The molecule has 0 saturated carbocycles. The normalized spacial score (nSPS) is 10.0. The average molecular weight is 330 g/mol. The molecule has 0 fully saturated rings. The molecule has 0 aliphatic rings. The van der Waals surface area contributed by atoms with Gasteiger partial charge in [0, 0.05) is 0 Å². The largest absolute Gasteiger partial charge is 0.455 e. The third-order valence-electron chi connectivity index (χ3n) is 3.12. The molecular weight excluding hydrogens is 315 g/mol. The molecule has 0 saturated heterocycles. The van der Waals surface area contributed by atoms with Crippen LogP contribution in [-0.2, 0) is 20.7 Å². The summed E-state index contributed by atoms with van der Waals surface area (Å²) >= 11 is 0. The molecule has 2 aromatic carbocycles. The number of hydrogen-bond donors (Lipinski definition) is 2. The molecule has 2 aromatic rings. The summed E-state index contributed by atoms with van der Waals surface area (Å²) in [7, 11) is 0. The predicted molar refractivity (Wildman–Crippen MR) is 84.7 cm³/mol. The van der Waals surface area contributed by atoms with Crippen LogP contribution in [0.2, 0.25) is 0 Å². The summed E-state index contributed by atoms with van der Waals surface area (Å²) in [6.07, 6.45) is -0.280. The Kier molecular flexibility index (Phi) is 5.62. The molecule has 0 heterocycles. The molecule has 2 rings (SSSR count). The van der Waals surface area contributed by atoms with E-state index in [-0.39, 0.29) is 23.2 Å². The van der Waals surface area contributed by atoms with E-state index < -0.39 is 30.2 Å². The Morgan fingerprint density at radius 2 is 1.71 bits per heavy atom. The number of rotatable bonds is 6. The highest BCUT2D eigenvalue weighted by atomic mass is 19.1. The fourth-order valence-electron chi connectivity index (χ4n) is 1.99. The molecule has 24 heavy (non-hydrogen) atoms. The molecule has 0 spiro atoms. The summed E-state index contributed by atoms with van der Waals surface area (Å²) in [6.45, 7) is -0.555. The maximum atomic E-state index is 13.4. The Hall–Kier alpha value is -3.22. The third-order valence-corrected chi connectivity index (χ3v) is 3.12. The maximum absolute atomic E-state index is 13.4. The molecule has 0 aliphatic carbocycles. The zero-order valence-electron chi connectivity index (χ0n) is 12.6. The van der Waals surface area contributed by atoms with Crippen molar-refractivity contribution in [2.24, 2.45) is 5.73 Å². The summed E-state index contributed by atoms with van der Waals surface area (Å²) in [5.74, 6) is -2.58. The number of primary amides is 1. The number of esters is 1. The molecule has 0 bridgehead atoms. The molecule has 0 aliphatic heterocycles. The van der Waals surface area contributed by atoms with Crippen molar-refractivity contribution >= 4 is 23.5 Å². The number of carbonyl (C=O) groups excluding carboxylic acids is 3. The van der Waals surface area contributed by atoms with E-state index in [9.17, 15) is 18.8 Å². The van der Waals surface area contributed by atoms with Crippen LogP contribution >= 0.6 is 0 Å². The fourth-order valence-corrected chi connectivity index (χ4v) is 1.99. The first-order valence-corrected chi connectivity index (χ1v) is 7.05. The van der Waals surface area contributed by atoms with E-state index in [1.165, 1.54) is 30.3 Å². The topological polar surface area (TPSA) is 98.5 Å². The number of amides is 2. The summed E-state index contributed by atoms with van der Waals surface area (Å²) in [5, 5.41) is 2.43. The van der Waals surface area contributed by atoms with Crippen LogP contribution in [0.1, 0.15) is 15.9 Å². The number of nitrogens with one attached hydrogen (secondary N) is 1. The SMILES string of the molecule is NC(=O)c1ccccc1NC(=O)COC(=O)Cc1ccccc1F. The predicted octanol–water partition coefficient (Wildman–Crippen LogP) is 1.65. The van der Waals surface area contributed by atoms with Crippen LogP contribution in [0.15, 0.2) is 48.5 Å². The summed E-state index contributed by atoms with van der Waals surface area (Å²) in [6, 6.07) is 12.0. The van der Waals surface area contributed by atoms with Crippen molar-refractivity contribution in [1.29, 1.82) is 0 Å². The van der Waals surface area contributed by atoms with Gasteiger partial charge in [-0.25, -0.2) is 4.39 Å². The smallest absolute Gasteiger partial charge is 0.310 e. The first-order valence-electron chi connectivity index (χ1n) is 7.05. The van der Waals surface area contributed by atoms with E-state index in [1.54, 1.807) is 18.2 Å². The van der Waals surface area contributed by atoms with E-state index >= 15 is 0 Å². The van der Waals surface area contributed by atoms with Gasteiger partial charge in [-0.15, -0.1) is 0 Å². The van der Waals surface area contributed by atoms with Gasteiger partial charge in [-0.1, -0.05) is 30.3 Å². The highest BCUT2D eigenvalue weighted by molar-refractivity contribution is 6.03. The van der Waals surface area contributed by atoms with Gasteiger partial charge in [-0.05, 0) is 23.8 Å². The molecular formula is C17H15FN2O4. The second kappa shape index (κ2) is 7.87. The molecule has 6 nitrogen and oxygen atoms in total. The van der Waals surface area contributed by atoms with E-state index in [2.05, 4.69) is 5.32 Å². The molecule has 124 valence electrons. The van der Waals surface area contributed by atoms with Crippen molar-refractivity contribution < 1.29 is 23.5 Å². The van der Waals surface area contributed by atoms with Crippen LogP contribution < -0.4 is 11.1 Å². The minimum absolute atomic E-state index is 0.142. The number of nitrogens with two attached hydrogens (primary N) is 1. The Bertz CT molecular complexity index is 777. The van der Waals surface area contributed by atoms with Gasteiger partial charge in [0.05, 0.1) is 17.7 Å². The molecule has 3 N–H and O–H groups in total. The van der Waals surface area contributed by atoms with Gasteiger partial charge in [0.15, 0.2) is 6.61 Å². The lowest BCUT2D eigenvalue weighted by atomic mass is 10.1. The van der Waals surface area contributed by atoms with Gasteiger partial charge in [-0.2, -0.15) is 0 Å². The highest BCUT2D eigenvalue weighted by Crippen LogP contribution is 2.14. The Balaban J connectivity index is 1.89. The molecule has 0 unspecified atom stereocenters. The highest BCUT2D eigenvalue weighted by Gasteiger charge is 2.13. The number of para-hydroxylation sites is 1. The van der Waals surface area contributed by atoms with Gasteiger partial charge in [-0.3, -0.25) is 14.4 Å². The molecule has 2 amide bonds. The second-order valence-corrected chi connectivity index (χ2v) is 4.89. The summed E-state index contributed by atoms with van der Waals surface area (Å²) in [4.78, 5) is 34.7. The van der Waals surface area contributed by atoms with Crippen LogP contribution in [0, 0.1) is 5.82 Å². The number of ether oxygens (including phenoxy) is 1. The van der Waals surface area contributed by atoms with Gasteiger partial charge < -0.3 is 15.8 Å². The van der Waals surface area contributed by atoms with Gasteiger partial charge in [0.2, 0.25) is 0 Å². The van der Waals surface area contributed by atoms with Gasteiger partial charge in [0.1, 0.15) is 5.82 Å². The van der Waals surface area contributed by atoms with Crippen molar-refractivity contribution in [3.63, 3.8) is 0 Å². The molecule has 0 aromatic heterocycles. The summed E-state index contributed by atoms with van der Waals surface area (Å²) in [5.41, 5.74) is 5.75. The van der Waals surface area contributed by atoms with Crippen LogP contribution in [-0.4, -0.2) is 24.4 Å².